The molecule has 1 atom stereocenters. The molecule has 0 aliphatic carbocycles. The predicted molar refractivity (Wildman–Crippen MR) is 77.5 cm³/mol. The summed E-state index contributed by atoms with van der Waals surface area (Å²) in [4.78, 5) is 0. The van der Waals surface area contributed by atoms with Gasteiger partial charge in [0.25, 0.3) is 0 Å². The highest BCUT2D eigenvalue weighted by Crippen LogP contribution is 2.25. The quantitative estimate of drug-likeness (QED) is 0.694. The van der Waals surface area contributed by atoms with Crippen LogP contribution in [0.1, 0.15) is 45.3 Å². The fourth-order valence-electron chi connectivity index (χ4n) is 1.92. The number of ether oxygens (including phenoxy) is 2. The van der Waals surface area contributed by atoms with Crippen LogP contribution in [0.5, 0.6) is 5.75 Å². The molecular formula is C16H26O3. The molecule has 0 fully saturated rings. The number of hydrogen-bond acceptors (Lipinski definition) is 3. The van der Waals surface area contributed by atoms with Crippen molar-refractivity contribution in [3.05, 3.63) is 29.8 Å². The summed E-state index contributed by atoms with van der Waals surface area (Å²) in [6, 6.07) is 7.57. The van der Waals surface area contributed by atoms with Crippen molar-refractivity contribution >= 4 is 0 Å². The van der Waals surface area contributed by atoms with Crippen molar-refractivity contribution in [2.45, 2.75) is 39.7 Å². The molecular weight excluding hydrogens is 240 g/mol. The topological polar surface area (TPSA) is 38.7 Å². The van der Waals surface area contributed by atoms with E-state index in [1.165, 1.54) is 0 Å². The van der Waals surface area contributed by atoms with E-state index in [1.54, 1.807) is 0 Å². The minimum Gasteiger partial charge on any atom is -0.493 e. The minimum atomic E-state index is -0.623. The number of para-hydroxylation sites is 1. The molecule has 1 aromatic carbocycles. The fraction of sp³-hybridized carbons (Fsp3) is 0.625. The van der Waals surface area contributed by atoms with Gasteiger partial charge in [0, 0.05) is 12.2 Å². The van der Waals surface area contributed by atoms with Crippen LogP contribution in [0.2, 0.25) is 0 Å². The van der Waals surface area contributed by atoms with Crippen LogP contribution in [0.15, 0.2) is 24.3 Å². The first-order chi connectivity index (χ1) is 9.15. The van der Waals surface area contributed by atoms with E-state index in [0.29, 0.717) is 25.7 Å². The molecule has 0 aromatic heterocycles. The van der Waals surface area contributed by atoms with E-state index in [2.05, 4.69) is 13.8 Å². The third-order valence-corrected chi connectivity index (χ3v) is 2.92. The second-order valence-electron chi connectivity index (χ2n) is 5.10. The smallest absolute Gasteiger partial charge is 0.125 e. The zero-order valence-electron chi connectivity index (χ0n) is 12.3. The van der Waals surface area contributed by atoms with Gasteiger partial charge in [0.1, 0.15) is 11.9 Å². The van der Waals surface area contributed by atoms with Crippen molar-refractivity contribution in [2.75, 3.05) is 19.8 Å². The number of aliphatic hydroxyl groups excluding tert-OH is 1. The van der Waals surface area contributed by atoms with Gasteiger partial charge in [-0.2, -0.15) is 0 Å². The molecule has 1 N–H and O–H groups in total. The first-order valence-electron chi connectivity index (χ1n) is 7.12. The Kier molecular flexibility index (Phi) is 7.53. The molecule has 19 heavy (non-hydrogen) atoms. The summed E-state index contributed by atoms with van der Waals surface area (Å²) in [5.41, 5.74) is 0.799. The van der Waals surface area contributed by atoms with Crippen LogP contribution in [0.25, 0.3) is 0 Å². The van der Waals surface area contributed by atoms with Crippen molar-refractivity contribution in [3.63, 3.8) is 0 Å². The molecule has 108 valence electrons. The summed E-state index contributed by atoms with van der Waals surface area (Å²) in [5.74, 6) is 1.44. The van der Waals surface area contributed by atoms with Gasteiger partial charge in [-0.25, -0.2) is 0 Å². The van der Waals surface area contributed by atoms with E-state index >= 15 is 0 Å². The Hall–Kier alpha value is -1.06. The third-order valence-electron chi connectivity index (χ3n) is 2.92. The van der Waals surface area contributed by atoms with Gasteiger partial charge in [-0.05, 0) is 31.7 Å². The van der Waals surface area contributed by atoms with Crippen molar-refractivity contribution in [1.82, 2.24) is 0 Å². The lowest BCUT2D eigenvalue weighted by molar-refractivity contribution is 0.0324. The molecule has 1 aromatic rings. The van der Waals surface area contributed by atoms with E-state index in [4.69, 9.17) is 9.47 Å². The van der Waals surface area contributed by atoms with Crippen molar-refractivity contribution in [2.24, 2.45) is 5.92 Å². The summed E-state index contributed by atoms with van der Waals surface area (Å²) in [6.07, 6.45) is 1.57. The maximum Gasteiger partial charge on any atom is 0.125 e. The highest BCUT2D eigenvalue weighted by Gasteiger charge is 2.12. The second kappa shape index (κ2) is 8.94. The van der Waals surface area contributed by atoms with Crippen molar-refractivity contribution < 1.29 is 14.6 Å². The highest BCUT2D eigenvalue weighted by molar-refractivity contribution is 5.35. The SMILES string of the molecule is CCOc1ccccc1C(O)COCCCC(C)C. The van der Waals surface area contributed by atoms with Gasteiger partial charge in [0.05, 0.1) is 13.2 Å². The fourth-order valence-corrected chi connectivity index (χ4v) is 1.92. The monoisotopic (exact) mass is 266 g/mol. The summed E-state index contributed by atoms with van der Waals surface area (Å²) in [7, 11) is 0. The summed E-state index contributed by atoms with van der Waals surface area (Å²) < 4.78 is 11.0. The number of benzene rings is 1. The molecule has 1 unspecified atom stereocenters. The molecule has 0 spiro atoms. The number of rotatable bonds is 9. The molecule has 0 heterocycles. The second-order valence-corrected chi connectivity index (χ2v) is 5.10. The Bertz CT molecular complexity index is 350. The highest BCUT2D eigenvalue weighted by atomic mass is 16.5. The summed E-state index contributed by atoms with van der Waals surface area (Å²) >= 11 is 0. The van der Waals surface area contributed by atoms with Gasteiger partial charge in [0.2, 0.25) is 0 Å². The van der Waals surface area contributed by atoms with Crippen LogP contribution < -0.4 is 4.74 Å². The van der Waals surface area contributed by atoms with E-state index in [-0.39, 0.29) is 0 Å². The van der Waals surface area contributed by atoms with Gasteiger partial charge in [0.15, 0.2) is 0 Å². The maximum absolute atomic E-state index is 10.1. The van der Waals surface area contributed by atoms with E-state index in [1.807, 2.05) is 31.2 Å². The lowest BCUT2D eigenvalue weighted by atomic mass is 10.1. The zero-order valence-corrected chi connectivity index (χ0v) is 12.3. The molecule has 0 radical (unpaired) electrons. The van der Waals surface area contributed by atoms with Gasteiger partial charge in [-0.1, -0.05) is 32.0 Å². The molecule has 0 bridgehead atoms. The van der Waals surface area contributed by atoms with Crippen LogP contribution in [0, 0.1) is 5.92 Å². The summed E-state index contributed by atoms with van der Waals surface area (Å²) in [5, 5.41) is 10.1. The number of hydrogen-bond donors (Lipinski definition) is 1. The standard InChI is InChI=1S/C16H26O3/c1-4-19-16-10-6-5-9-14(16)15(17)12-18-11-7-8-13(2)3/h5-6,9-10,13,15,17H,4,7-8,11-12H2,1-3H3. The summed E-state index contributed by atoms with van der Waals surface area (Å²) in [6.45, 7) is 7.96. The minimum absolute atomic E-state index is 0.322. The van der Waals surface area contributed by atoms with Crippen molar-refractivity contribution in [3.8, 4) is 5.75 Å². The molecule has 3 heteroatoms. The largest absolute Gasteiger partial charge is 0.493 e. The molecule has 0 aliphatic rings. The molecule has 0 amide bonds. The van der Waals surface area contributed by atoms with Gasteiger partial charge in [-0.3, -0.25) is 0 Å². The Morgan fingerprint density at radius 2 is 1.95 bits per heavy atom. The van der Waals surface area contributed by atoms with Crippen LogP contribution in [-0.2, 0) is 4.74 Å². The van der Waals surface area contributed by atoms with Crippen LogP contribution in [0.3, 0.4) is 0 Å². The molecule has 3 nitrogen and oxygen atoms in total. The molecule has 0 aliphatic heterocycles. The zero-order chi connectivity index (χ0) is 14.1. The lowest BCUT2D eigenvalue weighted by Gasteiger charge is -2.16. The first-order valence-corrected chi connectivity index (χ1v) is 7.12. The Labute approximate surface area is 116 Å². The maximum atomic E-state index is 10.1. The molecule has 1 rings (SSSR count). The molecule has 0 saturated carbocycles. The normalized spacial score (nSPS) is 12.7. The van der Waals surface area contributed by atoms with E-state index in [9.17, 15) is 5.11 Å². The number of aliphatic hydroxyl groups is 1. The first kappa shape index (κ1) is 16.0. The van der Waals surface area contributed by atoms with Gasteiger partial charge in [-0.15, -0.1) is 0 Å². The Morgan fingerprint density at radius 3 is 2.63 bits per heavy atom. The average molecular weight is 266 g/mol. The average Bonchev–Trinajstić information content (AvgIpc) is 2.39. The van der Waals surface area contributed by atoms with E-state index < -0.39 is 6.10 Å². The predicted octanol–water partition coefficient (Wildman–Crippen LogP) is 3.57. The van der Waals surface area contributed by atoms with Crippen LogP contribution in [0.4, 0.5) is 0 Å². The van der Waals surface area contributed by atoms with Crippen LogP contribution >= 0.6 is 0 Å². The Balaban J connectivity index is 2.38. The third kappa shape index (κ3) is 6.08. The van der Waals surface area contributed by atoms with Gasteiger partial charge >= 0.3 is 0 Å². The van der Waals surface area contributed by atoms with Crippen molar-refractivity contribution in [1.29, 1.82) is 0 Å². The molecule has 0 saturated heterocycles. The van der Waals surface area contributed by atoms with Crippen LogP contribution in [-0.4, -0.2) is 24.9 Å². The lowest BCUT2D eigenvalue weighted by Crippen LogP contribution is -2.10. The van der Waals surface area contributed by atoms with E-state index in [0.717, 1.165) is 24.2 Å². The van der Waals surface area contributed by atoms with Gasteiger partial charge < -0.3 is 14.6 Å². The Morgan fingerprint density at radius 1 is 1.21 bits per heavy atom.